The number of aryl methyl sites for hydroxylation is 2. The Kier molecular flexibility index (Phi) is 5.44. The lowest BCUT2D eigenvalue weighted by Crippen LogP contribution is -2.32. The van der Waals surface area contributed by atoms with E-state index in [0.29, 0.717) is 11.3 Å². The molecule has 154 valence electrons. The van der Waals surface area contributed by atoms with Crippen LogP contribution in [-0.4, -0.2) is 36.3 Å². The average Bonchev–Trinajstić information content (AvgIpc) is 3.34. The van der Waals surface area contributed by atoms with Crippen molar-refractivity contribution >= 4 is 28.8 Å². The van der Waals surface area contributed by atoms with Crippen molar-refractivity contribution in [2.45, 2.75) is 26.7 Å². The van der Waals surface area contributed by atoms with Gasteiger partial charge in [0.15, 0.2) is 0 Å². The SMILES string of the molecule is C=CCN1C(=O)C(Nc2ccc(N3CCCC3)cc2)=C(c2ccc(C)cc2C)C1=O. The van der Waals surface area contributed by atoms with E-state index in [1.54, 1.807) is 6.08 Å². The molecule has 5 heteroatoms. The first kappa shape index (κ1) is 20.0. The fourth-order valence-corrected chi connectivity index (χ4v) is 4.21. The van der Waals surface area contributed by atoms with Crippen molar-refractivity contribution in [1.82, 2.24) is 4.90 Å². The summed E-state index contributed by atoms with van der Waals surface area (Å²) in [5.41, 5.74) is 5.58. The lowest BCUT2D eigenvalue weighted by atomic mass is 9.97. The molecule has 0 unspecified atom stereocenters. The van der Waals surface area contributed by atoms with Crippen molar-refractivity contribution in [3.8, 4) is 0 Å². The van der Waals surface area contributed by atoms with Gasteiger partial charge in [-0.05, 0) is 62.1 Å². The standard InChI is InChI=1S/C25H27N3O2/c1-4-13-28-24(29)22(21-12-7-17(2)16-18(21)3)23(25(28)30)26-19-8-10-20(11-9-19)27-14-5-6-15-27/h4,7-12,16,26H,1,5-6,13-15H2,2-3H3. The van der Waals surface area contributed by atoms with Crippen LogP contribution >= 0.6 is 0 Å². The van der Waals surface area contributed by atoms with Gasteiger partial charge in [-0.1, -0.05) is 29.8 Å². The molecule has 1 fully saturated rings. The first-order valence-corrected chi connectivity index (χ1v) is 10.4. The normalized spacial score (nSPS) is 16.6. The van der Waals surface area contributed by atoms with Crippen LogP contribution in [0.3, 0.4) is 0 Å². The van der Waals surface area contributed by atoms with E-state index in [2.05, 4.69) is 28.9 Å². The molecule has 2 aliphatic heterocycles. The van der Waals surface area contributed by atoms with E-state index < -0.39 is 0 Å². The number of imide groups is 1. The number of rotatable bonds is 6. The third kappa shape index (κ3) is 3.63. The van der Waals surface area contributed by atoms with Gasteiger partial charge in [-0.2, -0.15) is 0 Å². The minimum atomic E-state index is -0.321. The lowest BCUT2D eigenvalue weighted by Gasteiger charge is -2.18. The quantitative estimate of drug-likeness (QED) is 0.580. The van der Waals surface area contributed by atoms with Gasteiger partial charge in [-0.3, -0.25) is 14.5 Å². The van der Waals surface area contributed by atoms with Gasteiger partial charge < -0.3 is 10.2 Å². The van der Waals surface area contributed by atoms with Crippen LogP contribution in [-0.2, 0) is 9.59 Å². The molecule has 2 heterocycles. The van der Waals surface area contributed by atoms with Gasteiger partial charge in [0.2, 0.25) is 0 Å². The third-order valence-corrected chi connectivity index (χ3v) is 5.74. The van der Waals surface area contributed by atoms with Crippen LogP contribution in [0.15, 0.2) is 60.8 Å². The van der Waals surface area contributed by atoms with Crippen molar-refractivity contribution in [2.24, 2.45) is 0 Å². The molecule has 30 heavy (non-hydrogen) atoms. The zero-order valence-electron chi connectivity index (χ0n) is 17.6. The Hall–Kier alpha value is -3.34. The highest BCUT2D eigenvalue weighted by Crippen LogP contribution is 2.33. The van der Waals surface area contributed by atoms with Gasteiger partial charge in [0.25, 0.3) is 11.8 Å². The number of carbonyl (C=O) groups excluding carboxylic acids is 2. The molecular formula is C25H27N3O2. The number of hydrogen-bond donors (Lipinski definition) is 1. The molecule has 2 aliphatic rings. The number of nitrogens with one attached hydrogen (secondary N) is 1. The summed E-state index contributed by atoms with van der Waals surface area (Å²) < 4.78 is 0. The van der Waals surface area contributed by atoms with E-state index in [0.717, 1.165) is 35.5 Å². The Labute approximate surface area is 177 Å². The maximum atomic E-state index is 13.1. The molecule has 4 rings (SSSR count). The monoisotopic (exact) mass is 401 g/mol. The van der Waals surface area contributed by atoms with Crippen LogP contribution < -0.4 is 10.2 Å². The fraction of sp³-hybridized carbons (Fsp3) is 0.280. The number of amides is 2. The lowest BCUT2D eigenvalue weighted by molar-refractivity contribution is -0.136. The first-order chi connectivity index (χ1) is 14.5. The third-order valence-electron chi connectivity index (χ3n) is 5.74. The molecule has 0 aliphatic carbocycles. The van der Waals surface area contributed by atoms with E-state index in [1.807, 2.05) is 44.2 Å². The van der Waals surface area contributed by atoms with Crippen molar-refractivity contribution in [3.05, 3.63) is 77.5 Å². The van der Waals surface area contributed by atoms with Gasteiger partial charge in [-0.15, -0.1) is 6.58 Å². The van der Waals surface area contributed by atoms with Gasteiger partial charge in [0.05, 0.1) is 5.57 Å². The van der Waals surface area contributed by atoms with Gasteiger partial charge >= 0.3 is 0 Å². The maximum absolute atomic E-state index is 13.1. The summed E-state index contributed by atoms with van der Waals surface area (Å²) >= 11 is 0. The molecule has 1 N–H and O–H groups in total. The summed E-state index contributed by atoms with van der Waals surface area (Å²) in [6.07, 6.45) is 4.02. The molecule has 0 spiro atoms. The van der Waals surface area contributed by atoms with Crippen LogP contribution in [0.25, 0.3) is 5.57 Å². The van der Waals surface area contributed by atoms with Crippen molar-refractivity contribution in [2.75, 3.05) is 29.9 Å². The second-order valence-electron chi connectivity index (χ2n) is 7.94. The maximum Gasteiger partial charge on any atom is 0.278 e. The van der Waals surface area contributed by atoms with Crippen molar-refractivity contribution in [1.29, 1.82) is 0 Å². The summed E-state index contributed by atoms with van der Waals surface area (Å²) in [4.78, 5) is 29.8. The van der Waals surface area contributed by atoms with Crippen LogP contribution in [0.2, 0.25) is 0 Å². The van der Waals surface area contributed by atoms with Gasteiger partial charge in [0.1, 0.15) is 5.70 Å². The molecule has 0 saturated carbocycles. The highest BCUT2D eigenvalue weighted by atomic mass is 16.2. The fourth-order valence-electron chi connectivity index (χ4n) is 4.21. The minimum absolute atomic E-state index is 0.186. The van der Waals surface area contributed by atoms with Crippen LogP contribution in [0, 0.1) is 13.8 Å². The highest BCUT2D eigenvalue weighted by Gasteiger charge is 2.39. The molecular weight excluding hydrogens is 374 g/mol. The van der Waals surface area contributed by atoms with Crippen molar-refractivity contribution in [3.63, 3.8) is 0 Å². The van der Waals surface area contributed by atoms with E-state index in [9.17, 15) is 9.59 Å². The molecule has 2 amide bonds. The second-order valence-corrected chi connectivity index (χ2v) is 7.94. The first-order valence-electron chi connectivity index (χ1n) is 10.4. The predicted octanol–water partition coefficient (Wildman–Crippen LogP) is 4.28. The number of carbonyl (C=O) groups is 2. The summed E-state index contributed by atoms with van der Waals surface area (Å²) in [5.74, 6) is -0.610. The number of benzene rings is 2. The molecule has 0 atom stereocenters. The smallest absolute Gasteiger partial charge is 0.278 e. The Balaban J connectivity index is 1.70. The largest absolute Gasteiger partial charge is 0.372 e. The van der Waals surface area contributed by atoms with Crippen LogP contribution in [0.5, 0.6) is 0 Å². The predicted molar refractivity (Wildman–Crippen MR) is 121 cm³/mol. The Morgan fingerprint density at radius 2 is 1.70 bits per heavy atom. The zero-order chi connectivity index (χ0) is 21.3. The summed E-state index contributed by atoms with van der Waals surface area (Å²) in [5, 5.41) is 3.23. The van der Waals surface area contributed by atoms with Gasteiger partial charge in [0, 0.05) is 31.0 Å². The molecule has 0 aromatic heterocycles. The van der Waals surface area contributed by atoms with E-state index in [-0.39, 0.29) is 18.4 Å². The molecule has 1 saturated heterocycles. The second kappa shape index (κ2) is 8.19. The Morgan fingerprint density at radius 3 is 2.33 bits per heavy atom. The summed E-state index contributed by atoms with van der Waals surface area (Å²) in [6.45, 7) is 10.0. The van der Waals surface area contributed by atoms with E-state index in [1.165, 1.54) is 23.4 Å². The number of hydrogen-bond acceptors (Lipinski definition) is 4. The zero-order valence-corrected chi connectivity index (χ0v) is 17.6. The van der Waals surface area contributed by atoms with Gasteiger partial charge in [-0.25, -0.2) is 0 Å². The molecule has 2 aromatic rings. The molecule has 0 radical (unpaired) electrons. The summed E-state index contributed by atoms with van der Waals surface area (Å²) in [7, 11) is 0. The Morgan fingerprint density at radius 1 is 1.00 bits per heavy atom. The number of nitrogens with zero attached hydrogens (tertiary/aromatic N) is 2. The average molecular weight is 402 g/mol. The minimum Gasteiger partial charge on any atom is -0.372 e. The van der Waals surface area contributed by atoms with Crippen LogP contribution in [0.1, 0.15) is 29.5 Å². The van der Waals surface area contributed by atoms with E-state index >= 15 is 0 Å². The van der Waals surface area contributed by atoms with Crippen LogP contribution in [0.4, 0.5) is 11.4 Å². The molecule has 5 nitrogen and oxygen atoms in total. The van der Waals surface area contributed by atoms with Crippen molar-refractivity contribution < 1.29 is 9.59 Å². The summed E-state index contributed by atoms with van der Waals surface area (Å²) in [6, 6.07) is 14.0. The molecule has 0 bridgehead atoms. The molecule has 2 aromatic carbocycles. The number of anilines is 2. The highest BCUT2D eigenvalue weighted by molar-refractivity contribution is 6.36. The van der Waals surface area contributed by atoms with E-state index in [4.69, 9.17) is 0 Å². The topological polar surface area (TPSA) is 52.7 Å². The Bertz CT molecular complexity index is 1030.